The number of carboxylic acid groups (broad SMARTS) is 1. The van der Waals surface area contributed by atoms with Crippen LogP contribution in [0.25, 0.3) is 0 Å². The third kappa shape index (κ3) is 2.81. The molecule has 0 bridgehead atoms. The van der Waals surface area contributed by atoms with Gasteiger partial charge in [-0.1, -0.05) is 6.92 Å². The quantitative estimate of drug-likeness (QED) is 0.823. The Labute approximate surface area is 117 Å². The maximum atomic E-state index is 12.6. The lowest BCUT2D eigenvalue weighted by atomic mass is 10.2. The van der Waals surface area contributed by atoms with Crippen LogP contribution in [0.1, 0.15) is 20.3 Å². The molecule has 2 amide bonds. The van der Waals surface area contributed by atoms with E-state index < -0.39 is 12.0 Å². The van der Waals surface area contributed by atoms with Gasteiger partial charge in [0.05, 0.1) is 24.6 Å². The van der Waals surface area contributed by atoms with Crippen molar-refractivity contribution in [2.75, 3.05) is 25.5 Å². The van der Waals surface area contributed by atoms with Crippen molar-refractivity contribution in [1.82, 2.24) is 9.80 Å². The van der Waals surface area contributed by atoms with Gasteiger partial charge in [0.1, 0.15) is 6.04 Å². The fourth-order valence-corrected chi connectivity index (χ4v) is 3.83. The first kappa shape index (κ1) is 14.5. The predicted molar refractivity (Wildman–Crippen MR) is 72.2 cm³/mol. The van der Waals surface area contributed by atoms with E-state index in [2.05, 4.69) is 0 Å². The number of ether oxygens (including phenoxy) is 1. The van der Waals surface area contributed by atoms with E-state index >= 15 is 0 Å². The number of thioether (sulfide) groups is 1. The average molecular weight is 288 g/mol. The average Bonchev–Trinajstić information content (AvgIpc) is 2.82. The second-order valence-electron chi connectivity index (χ2n) is 4.86. The van der Waals surface area contributed by atoms with Gasteiger partial charge in [-0.05, 0) is 13.3 Å². The van der Waals surface area contributed by atoms with Gasteiger partial charge in [-0.3, -0.25) is 4.90 Å². The predicted octanol–water partition coefficient (Wildman–Crippen LogP) is 1.07. The number of aliphatic carboxylic acids is 1. The smallest absolute Gasteiger partial charge is 0.327 e. The van der Waals surface area contributed by atoms with Gasteiger partial charge in [0.25, 0.3) is 0 Å². The summed E-state index contributed by atoms with van der Waals surface area (Å²) in [6.07, 6.45) is 0.763. The Morgan fingerprint density at radius 3 is 2.79 bits per heavy atom. The van der Waals surface area contributed by atoms with Crippen LogP contribution < -0.4 is 0 Å². The topological polar surface area (TPSA) is 70.1 Å². The summed E-state index contributed by atoms with van der Waals surface area (Å²) in [6.45, 7) is 5.47. The summed E-state index contributed by atoms with van der Waals surface area (Å²) in [7, 11) is 0. The van der Waals surface area contributed by atoms with Gasteiger partial charge in [-0.25, -0.2) is 9.59 Å². The number of hydrogen-bond acceptors (Lipinski definition) is 4. The van der Waals surface area contributed by atoms with Crippen LogP contribution in [-0.4, -0.2) is 69.9 Å². The molecule has 2 saturated heterocycles. The summed E-state index contributed by atoms with van der Waals surface area (Å²) in [4.78, 5) is 27.2. The SMILES string of the molecule is CCC1SCC(C(=O)O)N1C(=O)N1CCOCC1C. The van der Waals surface area contributed by atoms with Crippen LogP contribution in [0.5, 0.6) is 0 Å². The number of amides is 2. The molecule has 0 saturated carbocycles. The molecule has 2 aliphatic rings. The molecule has 0 aliphatic carbocycles. The highest BCUT2D eigenvalue weighted by atomic mass is 32.2. The molecule has 3 atom stereocenters. The zero-order valence-electron chi connectivity index (χ0n) is 11.2. The van der Waals surface area contributed by atoms with E-state index in [1.807, 2.05) is 13.8 Å². The third-order valence-corrected chi connectivity index (χ3v) is 5.01. The van der Waals surface area contributed by atoms with Crippen LogP contribution in [0, 0.1) is 0 Å². The Bertz CT molecular complexity index is 366. The molecule has 2 aliphatic heterocycles. The Hall–Kier alpha value is -0.950. The first-order valence-electron chi connectivity index (χ1n) is 6.57. The van der Waals surface area contributed by atoms with Crippen molar-refractivity contribution in [2.24, 2.45) is 0 Å². The largest absolute Gasteiger partial charge is 0.480 e. The summed E-state index contributed by atoms with van der Waals surface area (Å²) in [6, 6.07) is -0.878. The second kappa shape index (κ2) is 6.00. The second-order valence-corrected chi connectivity index (χ2v) is 6.07. The minimum Gasteiger partial charge on any atom is -0.480 e. The van der Waals surface area contributed by atoms with Crippen molar-refractivity contribution in [2.45, 2.75) is 37.7 Å². The van der Waals surface area contributed by atoms with E-state index in [9.17, 15) is 14.7 Å². The minimum atomic E-state index is -0.919. The highest BCUT2D eigenvalue weighted by molar-refractivity contribution is 8.00. The van der Waals surface area contributed by atoms with Crippen molar-refractivity contribution in [1.29, 1.82) is 0 Å². The highest BCUT2D eigenvalue weighted by Gasteiger charge is 2.43. The van der Waals surface area contributed by atoms with Gasteiger partial charge < -0.3 is 14.7 Å². The molecule has 3 unspecified atom stereocenters. The maximum Gasteiger partial charge on any atom is 0.327 e. The van der Waals surface area contributed by atoms with Gasteiger partial charge in [0.15, 0.2) is 0 Å². The van der Waals surface area contributed by atoms with Crippen LogP contribution in [0.4, 0.5) is 4.79 Å². The molecule has 19 heavy (non-hydrogen) atoms. The first-order valence-corrected chi connectivity index (χ1v) is 7.62. The van der Waals surface area contributed by atoms with Crippen LogP contribution in [0.3, 0.4) is 0 Å². The molecule has 2 rings (SSSR count). The van der Waals surface area contributed by atoms with E-state index in [1.54, 1.807) is 16.7 Å². The monoisotopic (exact) mass is 288 g/mol. The molecule has 108 valence electrons. The Morgan fingerprint density at radius 2 is 2.21 bits per heavy atom. The standard InChI is InChI=1S/C12H20N2O4S/c1-3-10-14(9(7-19-10)11(15)16)12(17)13-4-5-18-6-8(13)2/h8-10H,3-7H2,1-2H3,(H,15,16). The number of nitrogens with zero attached hydrogens (tertiary/aromatic N) is 2. The lowest BCUT2D eigenvalue weighted by molar-refractivity contribution is -0.141. The fraction of sp³-hybridized carbons (Fsp3) is 0.833. The van der Waals surface area contributed by atoms with Crippen molar-refractivity contribution in [3.63, 3.8) is 0 Å². The summed E-state index contributed by atoms with van der Waals surface area (Å²) in [5.41, 5.74) is 0. The van der Waals surface area contributed by atoms with Crippen LogP contribution >= 0.6 is 11.8 Å². The van der Waals surface area contributed by atoms with Gasteiger partial charge in [-0.15, -0.1) is 11.8 Å². The Balaban J connectivity index is 2.15. The number of hydrogen-bond donors (Lipinski definition) is 1. The van der Waals surface area contributed by atoms with Crippen LogP contribution in [0.2, 0.25) is 0 Å². The minimum absolute atomic E-state index is 0.00111. The van der Waals surface area contributed by atoms with E-state index in [-0.39, 0.29) is 17.4 Å². The number of carboxylic acids is 1. The molecule has 0 aromatic carbocycles. The summed E-state index contributed by atoms with van der Waals surface area (Å²) >= 11 is 1.55. The molecule has 2 fully saturated rings. The lowest BCUT2D eigenvalue weighted by Crippen LogP contribution is -2.56. The van der Waals surface area contributed by atoms with Gasteiger partial charge >= 0.3 is 12.0 Å². The molecule has 0 aromatic heterocycles. The highest BCUT2D eigenvalue weighted by Crippen LogP contribution is 2.32. The van der Waals surface area contributed by atoms with Crippen molar-refractivity contribution in [3.8, 4) is 0 Å². The Kier molecular flexibility index (Phi) is 4.57. The number of morpholine rings is 1. The number of rotatable bonds is 2. The Morgan fingerprint density at radius 1 is 1.47 bits per heavy atom. The lowest BCUT2D eigenvalue weighted by Gasteiger charge is -2.38. The van der Waals surface area contributed by atoms with Gasteiger partial charge in [-0.2, -0.15) is 0 Å². The number of urea groups is 1. The first-order chi connectivity index (χ1) is 9.06. The van der Waals surface area contributed by atoms with Gasteiger partial charge in [0, 0.05) is 12.3 Å². The molecule has 0 spiro atoms. The molecule has 0 aromatic rings. The molecule has 6 nitrogen and oxygen atoms in total. The van der Waals surface area contributed by atoms with E-state index in [0.29, 0.717) is 25.5 Å². The molecule has 2 heterocycles. The van der Waals surface area contributed by atoms with E-state index in [4.69, 9.17) is 4.74 Å². The molecule has 7 heteroatoms. The van der Waals surface area contributed by atoms with Crippen molar-refractivity contribution in [3.05, 3.63) is 0 Å². The van der Waals surface area contributed by atoms with Gasteiger partial charge in [0.2, 0.25) is 0 Å². The fourth-order valence-electron chi connectivity index (χ4n) is 2.48. The molecular formula is C12H20N2O4S. The van der Waals surface area contributed by atoms with E-state index in [1.165, 1.54) is 4.90 Å². The van der Waals surface area contributed by atoms with Crippen LogP contribution in [-0.2, 0) is 9.53 Å². The normalized spacial score (nSPS) is 31.6. The molecule has 1 N–H and O–H groups in total. The number of carbonyl (C=O) groups is 2. The van der Waals surface area contributed by atoms with E-state index in [0.717, 1.165) is 6.42 Å². The van der Waals surface area contributed by atoms with Crippen molar-refractivity contribution < 1.29 is 19.4 Å². The van der Waals surface area contributed by atoms with Crippen molar-refractivity contribution >= 4 is 23.8 Å². The molecule has 0 radical (unpaired) electrons. The summed E-state index contributed by atoms with van der Waals surface area (Å²) in [5, 5.41) is 9.22. The number of carbonyl (C=O) groups excluding carboxylic acids is 1. The summed E-state index contributed by atoms with van der Waals surface area (Å²) < 4.78 is 5.32. The zero-order valence-corrected chi connectivity index (χ0v) is 12.1. The molecular weight excluding hydrogens is 268 g/mol. The maximum absolute atomic E-state index is 12.6. The van der Waals surface area contributed by atoms with Crippen LogP contribution in [0.15, 0.2) is 0 Å². The zero-order chi connectivity index (χ0) is 14.0. The summed E-state index contributed by atoms with van der Waals surface area (Å²) in [5.74, 6) is -0.448. The third-order valence-electron chi connectivity index (χ3n) is 3.56.